The molecule has 14 heavy (non-hydrogen) atoms. The highest BCUT2D eigenvalue weighted by Gasteiger charge is 2.11. The van der Waals surface area contributed by atoms with Gasteiger partial charge in [0.05, 0.1) is 16.7 Å². The highest BCUT2D eigenvalue weighted by Crippen LogP contribution is 2.37. The van der Waals surface area contributed by atoms with Crippen LogP contribution in [0.5, 0.6) is 0 Å². The molecule has 1 aromatic carbocycles. The van der Waals surface area contributed by atoms with Crippen LogP contribution in [0, 0.1) is 11.3 Å². The molecular formula is C11H8ClNS. The summed E-state index contributed by atoms with van der Waals surface area (Å²) in [6, 6.07) is 7.88. The molecule has 0 bridgehead atoms. The summed E-state index contributed by atoms with van der Waals surface area (Å²) in [5.74, 6) is 0. The Morgan fingerprint density at radius 1 is 1.50 bits per heavy atom. The second kappa shape index (κ2) is 3.61. The van der Waals surface area contributed by atoms with E-state index >= 15 is 0 Å². The van der Waals surface area contributed by atoms with Gasteiger partial charge in [0.15, 0.2) is 0 Å². The first-order valence-electron chi connectivity index (χ1n) is 4.38. The third-order valence-electron chi connectivity index (χ3n) is 2.17. The van der Waals surface area contributed by atoms with E-state index in [0.29, 0.717) is 5.56 Å². The zero-order valence-electron chi connectivity index (χ0n) is 7.67. The van der Waals surface area contributed by atoms with Crippen LogP contribution in [0.15, 0.2) is 18.2 Å². The quantitative estimate of drug-likeness (QED) is 0.715. The van der Waals surface area contributed by atoms with Crippen LogP contribution >= 0.6 is 22.9 Å². The Balaban J connectivity index is 2.87. The van der Waals surface area contributed by atoms with Gasteiger partial charge in [-0.25, -0.2) is 0 Å². The van der Waals surface area contributed by atoms with E-state index in [2.05, 4.69) is 13.0 Å². The van der Waals surface area contributed by atoms with Crippen LogP contribution in [0.3, 0.4) is 0 Å². The van der Waals surface area contributed by atoms with Gasteiger partial charge in [0.2, 0.25) is 0 Å². The van der Waals surface area contributed by atoms with Gasteiger partial charge in [0.25, 0.3) is 0 Å². The van der Waals surface area contributed by atoms with E-state index in [1.807, 2.05) is 12.1 Å². The largest absolute Gasteiger partial charge is 0.192 e. The summed E-state index contributed by atoms with van der Waals surface area (Å²) in [7, 11) is 0. The Labute approximate surface area is 91.5 Å². The Hall–Kier alpha value is -1.04. The SMILES string of the molecule is CCc1sc2cccc(C#N)c2c1Cl. The van der Waals surface area contributed by atoms with Crippen LogP contribution in [0.1, 0.15) is 17.4 Å². The number of thiophene rings is 1. The van der Waals surface area contributed by atoms with E-state index in [1.54, 1.807) is 17.4 Å². The Morgan fingerprint density at radius 2 is 2.29 bits per heavy atom. The minimum absolute atomic E-state index is 0.670. The maximum Gasteiger partial charge on any atom is 0.0999 e. The molecule has 0 aliphatic carbocycles. The maximum atomic E-state index is 8.94. The van der Waals surface area contributed by atoms with Crippen molar-refractivity contribution < 1.29 is 0 Å². The molecule has 2 rings (SSSR count). The fourth-order valence-electron chi connectivity index (χ4n) is 1.48. The number of rotatable bonds is 1. The van der Waals surface area contributed by atoms with Gasteiger partial charge in [-0.05, 0) is 18.6 Å². The summed E-state index contributed by atoms with van der Waals surface area (Å²) in [5, 5.41) is 10.6. The van der Waals surface area contributed by atoms with E-state index in [-0.39, 0.29) is 0 Å². The Kier molecular flexibility index (Phi) is 2.45. The number of benzene rings is 1. The minimum Gasteiger partial charge on any atom is -0.192 e. The lowest BCUT2D eigenvalue weighted by atomic mass is 10.1. The van der Waals surface area contributed by atoms with Crippen molar-refractivity contribution in [3.8, 4) is 6.07 Å². The topological polar surface area (TPSA) is 23.8 Å². The maximum absolute atomic E-state index is 8.94. The van der Waals surface area contributed by atoms with Gasteiger partial charge in [-0.3, -0.25) is 0 Å². The molecule has 0 saturated heterocycles. The molecule has 2 aromatic rings. The van der Waals surface area contributed by atoms with Crippen molar-refractivity contribution in [3.63, 3.8) is 0 Å². The van der Waals surface area contributed by atoms with Crippen LogP contribution in [0.4, 0.5) is 0 Å². The second-order valence-corrected chi connectivity index (χ2v) is 4.50. The fourth-order valence-corrected chi connectivity index (χ4v) is 3.05. The number of halogens is 1. The van der Waals surface area contributed by atoms with Crippen LogP contribution in [-0.4, -0.2) is 0 Å². The lowest BCUT2D eigenvalue weighted by Crippen LogP contribution is -1.76. The molecule has 70 valence electrons. The summed E-state index contributed by atoms with van der Waals surface area (Å²) in [6.07, 6.45) is 0.920. The van der Waals surface area contributed by atoms with Gasteiger partial charge in [-0.1, -0.05) is 24.6 Å². The molecular weight excluding hydrogens is 214 g/mol. The molecule has 0 amide bonds. The van der Waals surface area contributed by atoms with Gasteiger partial charge in [0, 0.05) is 15.0 Å². The van der Waals surface area contributed by atoms with E-state index < -0.39 is 0 Å². The third-order valence-corrected chi connectivity index (χ3v) is 3.99. The van der Waals surface area contributed by atoms with Crippen LogP contribution in [-0.2, 0) is 6.42 Å². The van der Waals surface area contributed by atoms with E-state index in [0.717, 1.165) is 26.4 Å². The Bertz CT molecular complexity index is 522. The molecule has 0 spiro atoms. The number of fused-ring (bicyclic) bond motifs is 1. The standard InChI is InChI=1S/C11H8ClNS/c1-2-8-11(12)10-7(6-13)4-3-5-9(10)14-8/h3-5H,2H2,1H3. The molecule has 3 heteroatoms. The normalized spacial score (nSPS) is 10.4. The first kappa shape index (κ1) is 9.51. The predicted octanol–water partition coefficient (Wildman–Crippen LogP) is 3.99. The summed E-state index contributed by atoms with van der Waals surface area (Å²) in [5.41, 5.74) is 0.670. The number of nitrogens with zero attached hydrogens (tertiary/aromatic N) is 1. The number of hydrogen-bond donors (Lipinski definition) is 0. The molecule has 0 unspecified atom stereocenters. The second-order valence-electron chi connectivity index (χ2n) is 2.98. The van der Waals surface area contributed by atoms with E-state index in [1.165, 1.54) is 0 Å². The zero-order chi connectivity index (χ0) is 10.1. The lowest BCUT2D eigenvalue weighted by Gasteiger charge is -1.93. The van der Waals surface area contributed by atoms with Gasteiger partial charge < -0.3 is 0 Å². The van der Waals surface area contributed by atoms with Gasteiger partial charge in [-0.15, -0.1) is 11.3 Å². The average Bonchev–Trinajstić information content (AvgIpc) is 2.55. The predicted molar refractivity (Wildman–Crippen MR) is 60.9 cm³/mol. The first-order valence-corrected chi connectivity index (χ1v) is 5.57. The molecule has 0 N–H and O–H groups in total. The summed E-state index contributed by atoms with van der Waals surface area (Å²) < 4.78 is 1.10. The van der Waals surface area contributed by atoms with Crippen LogP contribution < -0.4 is 0 Å². The van der Waals surface area contributed by atoms with Gasteiger partial charge in [0.1, 0.15) is 0 Å². The van der Waals surface area contributed by atoms with Crippen molar-refractivity contribution in [2.45, 2.75) is 13.3 Å². The molecule has 0 aliphatic heterocycles. The van der Waals surface area contributed by atoms with Crippen molar-refractivity contribution in [2.24, 2.45) is 0 Å². The molecule has 0 radical (unpaired) electrons. The molecule has 0 atom stereocenters. The molecule has 0 saturated carbocycles. The van der Waals surface area contributed by atoms with E-state index in [4.69, 9.17) is 16.9 Å². The Morgan fingerprint density at radius 3 is 2.93 bits per heavy atom. The van der Waals surface area contributed by atoms with Crippen molar-refractivity contribution in [2.75, 3.05) is 0 Å². The number of hydrogen-bond acceptors (Lipinski definition) is 2. The molecule has 1 heterocycles. The van der Waals surface area contributed by atoms with Gasteiger partial charge >= 0.3 is 0 Å². The molecule has 0 fully saturated rings. The van der Waals surface area contributed by atoms with Gasteiger partial charge in [-0.2, -0.15) is 5.26 Å². The average molecular weight is 222 g/mol. The number of nitriles is 1. The first-order chi connectivity index (χ1) is 6.77. The smallest absolute Gasteiger partial charge is 0.0999 e. The number of aryl methyl sites for hydroxylation is 1. The highest BCUT2D eigenvalue weighted by atomic mass is 35.5. The van der Waals surface area contributed by atoms with Crippen LogP contribution in [0.2, 0.25) is 5.02 Å². The van der Waals surface area contributed by atoms with Crippen molar-refractivity contribution >= 4 is 33.0 Å². The lowest BCUT2D eigenvalue weighted by molar-refractivity contribution is 1.19. The minimum atomic E-state index is 0.670. The molecule has 0 aliphatic rings. The summed E-state index contributed by atoms with van der Waals surface area (Å²) in [6.45, 7) is 2.07. The fraction of sp³-hybridized carbons (Fsp3) is 0.182. The third kappa shape index (κ3) is 1.30. The van der Waals surface area contributed by atoms with Crippen molar-refractivity contribution in [1.29, 1.82) is 5.26 Å². The zero-order valence-corrected chi connectivity index (χ0v) is 9.25. The summed E-state index contributed by atoms with van der Waals surface area (Å²) in [4.78, 5) is 1.16. The summed E-state index contributed by atoms with van der Waals surface area (Å²) >= 11 is 7.87. The van der Waals surface area contributed by atoms with Crippen molar-refractivity contribution in [1.82, 2.24) is 0 Å². The highest BCUT2D eigenvalue weighted by molar-refractivity contribution is 7.19. The molecule has 1 aromatic heterocycles. The monoisotopic (exact) mass is 221 g/mol. The molecule has 1 nitrogen and oxygen atoms in total. The van der Waals surface area contributed by atoms with Crippen LogP contribution in [0.25, 0.3) is 10.1 Å². The van der Waals surface area contributed by atoms with Crippen molar-refractivity contribution in [3.05, 3.63) is 33.7 Å². The van der Waals surface area contributed by atoms with E-state index in [9.17, 15) is 0 Å².